The summed E-state index contributed by atoms with van der Waals surface area (Å²) in [6.45, 7) is 7.80. The minimum atomic E-state index is -0.563. The number of ether oxygens (including phenoxy) is 1. The monoisotopic (exact) mass is 411 g/mol. The van der Waals surface area contributed by atoms with E-state index in [0.717, 1.165) is 38.2 Å². The molecule has 0 aromatic rings. The molecule has 0 aromatic carbocycles. The van der Waals surface area contributed by atoms with E-state index in [1.807, 2.05) is 0 Å². The highest BCUT2D eigenvalue weighted by atomic mass is 127. The maximum Gasteiger partial charge on any atom is 0.191 e. The lowest BCUT2D eigenvalue weighted by atomic mass is 9.64. The Kier molecular flexibility index (Phi) is 6.74. The second-order valence-electron chi connectivity index (χ2n) is 6.75. The van der Waals surface area contributed by atoms with Gasteiger partial charge in [0.15, 0.2) is 5.96 Å². The molecule has 2 aliphatic carbocycles. The summed E-state index contributed by atoms with van der Waals surface area (Å²) in [6.07, 6.45) is 4.16. The van der Waals surface area contributed by atoms with Crippen molar-refractivity contribution in [3.63, 3.8) is 0 Å². The molecular formula is C15H30IN3O2. The van der Waals surface area contributed by atoms with Crippen molar-refractivity contribution >= 4 is 29.9 Å². The zero-order valence-electron chi connectivity index (χ0n) is 13.6. The van der Waals surface area contributed by atoms with Gasteiger partial charge in [-0.25, -0.2) is 0 Å². The number of aliphatic hydroxyl groups is 1. The van der Waals surface area contributed by atoms with Crippen molar-refractivity contribution in [1.82, 2.24) is 10.6 Å². The third kappa shape index (κ3) is 4.22. The van der Waals surface area contributed by atoms with E-state index >= 15 is 0 Å². The minimum Gasteiger partial charge on any atom is -0.388 e. The fraction of sp³-hybridized carbons (Fsp3) is 0.933. The van der Waals surface area contributed by atoms with Crippen molar-refractivity contribution in [2.45, 2.75) is 64.2 Å². The van der Waals surface area contributed by atoms with Crippen LogP contribution in [0.15, 0.2) is 4.99 Å². The molecule has 124 valence electrons. The minimum absolute atomic E-state index is 0. The Balaban J connectivity index is 0.00000220. The quantitative estimate of drug-likeness (QED) is 0.367. The van der Waals surface area contributed by atoms with Crippen LogP contribution in [-0.2, 0) is 4.74 Å². The highest BCUT2D eigenvalue weighted by Crippen LogP contribution is 2.42. The fourth-order valence-corrected chi connectivity index (χ4v) is 2.98. The summed E-state index contributed by atoms with van der Waals surface area (Å²) in [5.41, 5.74) is -0.454. The molecule has 3 N–H and O–H groups in total. The van der Waals surface area contributed by atoms with Crippen molar-refractivity contribution in [2.24, 2.45) is 10.4 Å². The first-order valence-electron chi connectivity index (χ1n) is 7.71. The highest BCUT2D eigenvalue weighted by molar-refractivity contribution is 14.0. The van der Waals surface area contributed by atoms with Crippen LogP contribution in [0.2, 0.25) is 0 Å². The van der Waals surface area contributed by atoms with Gasteiger partial charge in [0.25, 0.3) is 0 Å². The van der Waals surface area contributed by atoms with E-state index < -0.39 is 5.60 Å². The molecule has 0 radical (unpaired) electrons. The third-order valence-electron chi connectivity index (χ3n) is 4.93. The fourth-order valence-electron chi connectivity index (χ4n) is 2.98. The summed E-state index contributed by atoms with van der Waals surface area (Å²) in [5, 5.41) is 16.9. The molecule has 6 heteroatoms. The van der Waals surface area contributed by atoms with Gasteiger partial charge in [-0.15, -0.1) is 24.0 Å². The van der Waals surface area contributed by atoms with E-state index in [0.29, 0.717) is 18.7 Å². The number of aliphatic imine (C=N–C) groups is 1. The molecular weight excluding hydrogens is 381 g/mol. The van der Waals surface area contributed by atoms with Crippen molar-refractivity contribution in [3.8, 4) is 0 Å². The molecule has 0 bridgehead atoms. The lowest BCUT2D eigenvalue weighted by Gasteiger charge is -2.51. The van der Waals surface area contributed by atoms with Crippen LogP contribution in [0.25, 0.3) is 0 Å². The smallest absolute Gasteiger partial charge is 0.191 e. The summed E-state index contributed by atoms with van der Waals surface area (Å²) >= 11 is 0. The Bertz CT molecular complexity index is 370. The molecule has 0 heterocycles. The predicted molar refractivity (Wildman–Crippen MR) is 96.3 cm³/mol. The molecule has 5 nitrogen and oxygen atoms in total. The van der Waals surface area contributed by atoms with E-state index in [1.165, 1.54) is 0 Å². The number of hydrogen-bond acceptors (Lipinski definition) is 3. The predicted octanol–water partition coefficient (Wildman–Crippen LogP) is 1.89. The molecule has 0 aromatic heterocycles. The molecule has 0 amide bonds. The van der Waals surface area contributed by atoms with E-state index in [2.05, 4.69) is 36.4 Å². The van der Waals surface area contributed by atoms with Crippen molar-refractivity contribution < 1.29 is 9.84 Å². The molecule has 2 unspecified atom stereocenters. The van der Waals surface area contributed by atoms with Crippen LogP contribution in [0.3, 0.4) is 0 Å². The van der Waals surface area contributed by atoms with Gasteiger partial charge >= 0.3 is 0 Å². The van der Waals surface area contributed by atoms with Gasteiger partial charge < -0.3 is 20.5 Å². The molecule has 0 aliphatic heterocycles. The molecule has 0 spiro atoms. The maximum absolute atomic E-state index is 10.1. The Hall–Kier alpha value is -0.0800. The number of nitrogens with zero attached hydrogens (tertiary/aromatic N) is 1. The summed E-state index contributed by atoms with van der Waals surface area (Å²) in [7, 11) is 1.77. The molecule has 21 heavy (non-hydrogen) atoms. The first-order valence-corrected chi connectivity index (χ1v) is 7.71. The maximum atomic E-state index is 10.1. The largest absolute Gasteiger partial charge is 0.388 e. The van der Waals surface area contributed by atoms with E-state index in [1.54, 1.807) is 7.11 Å². The van der Waals surface area contributed by atoms with Gasteiger partial charge in [-0.2, -0.15) is 0 Å². The van der Waals surface area contributed by atoms with Crippen LogP contribution >= 0.6 is 24.0 Å². The molecule has 2 saturated carbocycles. The van der Waals surface area contributed by atoms with Gasteiger partial charge in [0.1, 0.15) is 0 Å². The van der Waals surface area contributed by atoms with Crippen molar-refractivity contribution in [3.05, 3.63) is 0 Å². The lowest BCUT2D eigenvalue weighted by Crippen LogP contribution is -2.63. The van der Waals surface area contributed by atoms with E-state index in [9.17, 15) is 5.11 Å². The van der Waals surface area contributed by atoms with Crippen LogP contribution in [0.1, 0.15) is 46.5 Å². The average molecular weight is 411 g/mol. The average Bonchev–Trinajstić information content (AvgIpc) is 2.37. The van der Waals surface area contributed by atoms with E-state index in [4.69, 9.17) is 4.74 Å². The zero-order valence-corrected chi connectivity index (χ0v) is 15.9. The Labute approximate surface area is 145 Å². The Morgan fingerprint density at radius 1 is 1.38 bits per heavy atom. The number of hydrogen-bond donors (Lipinski definition) is 3. The number of guanidine groups is 1. The Morgan fingerprint density at radius 3 is 2.48 bits per heavy atom. The van der Waals surface area contributed by atoms with Gasteiger partial charge in [0, 0.05) is 25.1 Å². The van der Waals surface area contributed by atoms with Crippen molar-refractivity contribution in [2.75, 3.05) is 20.2 Å². The van der Waals surface area contributed by atoms with Crippen molar-refractivity contribution in [1.29, 1.82) is 0 Å². The number of methoxy groups -OCH3 is 1. The molecule has 2 fully saturated rings. The van der Waals surface area contributed by atoms with Gasteiger partial charge in [0.05, 0.1) is 18.2 Å². The number of rotatable bonds is 5. The highest BCUT2D eigenvalue weighted by Gasteiger charge is 2.49. The van der Waals surface area contributed by atoms with Gasteiger partial charge in [-0.1, -0.05) is 13.8 Å². The summed E-state index contributed by atoms with van der Waals surface area (Å²) in [6, 6.07) is 0.362. The number of halogens is 1. The molecule has 2 aliphatic rings. The first-order chi connectivity index (χ1) is 9.41. The second-order valence-corrected chi connectivity index (χ2v) is 6.75. The zero-order chi connectivity index (χ0) is 14.8. The van der Waals surface area contributed by atoms with E-state index in [-0.39, 0.29) is 29.4 Å². The first kappa shape index (κ1) is 19.0. The summed E-state index contributed by atoms with van der Waals surface area (Å²) in [5.74, 6) is 0.806. The SMILES string of the molecule is CCNC(=NCC1(O)CCC1)NC1CC(OC)C1(C)C.I. The Morgan fingerprint density at radius 2 is 2.05 bits per heavy atom. The van der Waals surface area contributed by atoms with Gasteiger partial charge in [-0.3, -0.25) is 4.99 Å². The normalized spacial score (nSPS) is 29.7. The van der Waals surface area contributed by atoms with Crippen LogP contribution in [0, 0.1) is 5.41 Å². The van der Waals surface area contributed by atoms with Crippen LogP contribution in [-0.4, -0.2) is 49.0 Å². The topological polar surface area (TPSA) is 65.9 Å². The lowest BCUT2D eigenvalue weighted by molar-refractivity contribution is -0.0923. The van der Waals surface area contributed by atoms with Gasteiger partial charge in [-0.05, 0) is 32.6 Å². The third-order valence-corrected chi connectivity index (χ3v) is 4.93. The summed E-state index contributed by atoms with van der Waals surface area (Å²) in [4.78, 5) is 4.55. The van der Waals surface area contributed by atoms with Crippen LogP contribution < -0.4 is 10.6 Å². The van der Waals surface area contributed by atoms with Crippen LogP contribution in [0.5, 0.6) is 0 Å². The standard InChI is InChI=1S/C15H29N3O2.HI/c1-5-16-13(17-10-15(19)7-6-8-15)18-11-9-12(20-4)14(11,2)3;/h11-12,19H,5-10H2,1-4H3,(H2,16,17,18);1H. The number of nitrogens with one attached hydrogen (secondary N) is 2. The summed E-state index contributed by atoms with van der Waals surface area (Å²) < 4.78 is 5.47. The molecule has 2 rings (SSSR count). The molecule has 0 saturated heterocycles. The molecule has 2 atom stereocenters. The second kappa shape index (κ2) is 7.46. The van der Waals surface area contributed by atoms with Crippen LogP contribution in [0.4, 0.5) is 0 Å². The van der Waals surface area contributed by atoms with Gasteiger partial charge in [0.2, 0.25) is 0 Å².